The molecule has 1 aliphatic carbocycles. The van der Waals surface area contributed by atoms with E-state index in [1.165, 1.54) is 20.9 Å². The molecule has 0 bridgehead atoms. The fraction of sp³-hybridized carbons (Fsp3) is 0.800. The Kier molecular flexibility index (Phi) is 21.6. The Labute approximate surface area is 440 Å². The van der Waals surface area contributed by atoms with Crippen LogP contribution < -0.4 is 31.9 Å². The SMILES string of the molecule is C=C(C)OC(=O)NC(C)(C)CNCC1=CC[C@@H](NC(=O)OC(C)(C)C)C([C@H]2[C@H](O)[C@@H](O[C@H]3OC[C@](C)(O)[C@H](N(C)C(=O)OC(C)(C)C)[C@H]3O)[C@H](NC(=O)[C@@H](O)CNC(=O)OC(C)(C)C)C[C@@H]2NC(=O)OC(C)(C)C)O1. The molecule has 2 aliphatic heterocycles. The average molecular weight is 1070 g/mol. The molecule has 25 nitrogen and oxygen atoms in total. The number of ether oxygens (including phenoxy) is 8. The third-order valence-corrected chi connectivity index (χ3v) is 11.4. The molecule has 1 saturated carbocycles. The van der Waals surface area contributed by atoms with E-state index in [1.54, 1.807) is 103 Å². The fourth-order valence-corrected chi connectivity index (χ4v) is 8.56. The Balaban J connectivity index is 2.19. The summed E-state index contributed by atoms with van der Waals surface area (Å²) in [7, 11) is 1.31. The maximum Gasteiger partial charge on any atom is 0.412 e. The van der Waals surface area contributed by atoms with Gasteiger partial charge in [-0.05, 0) is 130 Å². The molecule has 2 fully saturated rings. The second-order valence-electron chi connectivity index (χ2n) is 24.2. The zero-order chi connectivity index (χ0) is 57.4. The number of carbonyl (C=O) groups excluding carboxylic acids is 6. The standard InChI is InChI=1S/C50H87N7O18/c1-26(2)69-43(65)56-49(15,16)24-51-22-27-19-20-28(54-41(63)73-46(6,7)8)35(70-27)32-29(55-42(64)74-47(9,10)11)21-30(53-38(61)31(58)23-52-40(62)72-45(3,4)5)36(33(32)59)71-39-34(60)37(50(17,67)25-68-39)57(18)44(66)75-48(12,13)14/h19,28-37,39,51,58-60,67H,1,20-25H2,2-18H3,(H,52,62)(H,53,61)(H,54,63)(H,55,64)(H,56,65)/t28-,29+,30-,31+,32-,33+,34-,35?,36+,37-,39-,50+/m1/s1. The molecule has 0 aromatic rings. The molecule has 2 heterocycles. The Hall–Kier alpha value is -5.18. The van der Waals surface area contributed by atoms with E-state index in [4.69, 9.17) is 37.9 Å². The van der Waals surface area contributed by atoms with Crippen molar-refractivity contribution in [3.05, 3.63) is 24.2 Å². The van der Waals surface area contributed by atoms with Crippen molar-refractivity contribution in [2.75, 3.05) is 33.3 Å². The van der Waals surface area contributed by atoms with Crippen molar-refractivity contribution in [1.29, 1.82) is 0 Å². The molecule has 12 atom stereocenters. The minimum atomic E-state index is -1.91. The number of nitrogens with zero attached hydrogens (tertiary/aromatic N) is 1. The highest BCUT2D eigenvalue weighted by Crippen LogP contribution is 2.39. The molecule has 1 saturated heterocycles. The molecular formula is C50H87N7O18. The van der Waals surface area contributed by atoms with Crippen LogP contribution in [0.4, 0.5) is 24.0 Å². The molecule has 3 aliphatic rings. The third-order valence-electron chi connectivity index (χ3n) is 11.4. The number of aliphatic hydroxyl groups is 4. The molecule has 430 valence electrons. The Bertz CT molecular complexity index is 2040. The number of aliphatic hydroxyl groups excluding tert-OH is 3. The minimum absolute atomic E-state index is 0.0473. The third kappa shape index (κ3) is 21.0. The van der Waals surface area contributed by atoms with E-state index in [-0.39, 0.29) is 31.7 Å². The number of rotatable bonds is 16. The van der Waals surface area contributed by atoms with E-state index in [9.17, 15) is 49.2 Å². The van der Waals surface area contributed by atoms with Gasteiger partial charge < -0.3 is 95.1 Å². The Morgan fingerprint density at radius 3 is 1.85 bits per heavy atom. The lowest BCUT2D eigenvalue weighted by Gasteiger charge is -2.52. The van der Waals surface area contributed by atoms with Gasteiger partial charge in [0.05, 0.1) is 55.2 Å². The van der Waals surface area contributed by atoms with Crippen molar-refractivity contribution in [1.82, 2.24) is 36.8 Å². The van der Waals surface area contributed by atoms with E-state index in [0.29, 0.717) is 5.76 Å². The maximum atomic E-state index is 13.9. The Morgan fingerprint density at radius 2 is 1.32 bits per heavy atom. The number of hydrogen-bond donors (Lipinski definition) is 10. The van der Waals surface area contributed by atoms with Crippen molar-refractivity contribution >= 4 is 36.4 Å². The molecule has 0 spiro atoms. The summed E-state index contributed by atoms with van der Waals surface area (Å²) >= 11 is 0. The van der Waals surface area contributed by atoms with E-state index in [1.807, 2.05) is 0 Å². The molecular weight excluding hydrogens is 987 g/mol. The van der Waals surface area contributed by atoms with Crippen molar-refractivity contribution < 1.29 is 87.1 Å². The molecule has 10 N–H and O–H groups in total. The zero-order valence-electron chi connectivity index (χ0n) is 46.8. The van der Waals surface area contributed by atoms with E-state index >= 15 is 0 Å². The van der Waals surface area contributed by atoms with Crippen LogP contribution in [0.2, 0.25) is 0 Å². The highest BCUT2D eigenvalue weighted by Gasteiger charge is 2.57. The summed E-state index contributed by atoms with van der Waals surface area (Å²) in [5, 5.41) is 64.3. The normalized spacial score (nSPS) is 27.9. The summed E-state index contributed by atoms with van der Waals surface area (Å²) in [5.74, 6) is -1.86. The molecule has 75 heavy (non-hydrogen) atoms. The number of carbonyl (C=O) groups is 6. The first-order valence-corrected chi connectivity index (χ1v) is 25.0. The van der Waals surface area contributed by atoms with Crippen LogP contribution >= 0.6 is 0 Å². The predicted molar refractivity (Wildman–Crippen MR) is 271 cm³/mol. The van der Waals surface area contributed by atoms with Gasteiger partial charge in [0.1, 0.15) is 58.2 Å². The molecule has 3 rings (SSSR count). The molecule has 6 amide bonds. The van der Waals surface area contributed by atoms with Crippen LogP contribution in [0.5, 0.6) is 0 Å². The summed E-state index contributed by atoms with van der Waals surface area (Å²) in [6.07, 6.45) is -13.1. The van der Waals surface area contributed by atoms with Gasteiger partial charge in [0.15, 0.2) is 6.29 Å². The van der Waals surface area contributed by atoms with Crippen LogP contribution in [0.25, 0.3) is 0 Å². The first kappa shape index (κ1) is 64.1. The summed E-state index contributed by atoms with van der Waals surface area (Å²) < 4.78 is 46.2. The van der Waals surface area contributed by atoms with E-state index in [2.05, 4.69) is 38.5 Å². The van der Waals surface area contributed by atoms with Crippen LogP contribution in [0.15, 0.2) is 24.2 Å². The lowest BCUT2D eigenvalue weighted by molar-refractivity contribution is -0.305. The first-order chi connectivity index (χ1) is 34.1. The molecule has 0 aromatic heterocycles. The fourth-order valence-electron chi connectivity index (χ4n) is 8.56. The molecule has 0 radical (unpaired) electrons. The number of alkyl carbamates (subject to hydrolysis) is 4. The van der Waals surface area contributed by atoms with Crippen molar-refractivity contribution in [2.24, 2.45) is 5.92 Å². The number of amides is 6. The maximum absolute atomic E-state index is 13.9. The van der Waals surface area contributed by atoms with Gasteiger partial charge in [-0.1, -0.05) is 6.58 Å². The number of nitrogens with one attached hydrogen (secondary N) is 6. The molecule has 0 aromatic carbocycles. The zero-order valence-corrected chi connectivity index (χ0v) is 46.8. The van der Waals surface area contributed by atoms with Gasteiger partial charge in [0.25, 0.3) is 5.91 Å². The van der Waals surface area contributed by atoms with Crippen LogP contribution in [0.3, 0.4) is 0 Å². The van der Waals surface area contributed by atoms with Crippen molar-refractivity contribution in [3.8, 4) is 0 Å². The summed E-state index contributed by atoms with van der Waals surface area (Å²) in [6, 6.07) is -5.04. The lowest BCUT2D eigenvalue weighted by Crippen LogP contribution is -2.71. The highest BCUT2D eigenvalue weighted by atomic mass is 16.7. The van der Waals surface area contributed by atoms with E-state index < -0.39 is 150 Å². The molecule has 25 heteroatoms. The minimum Gasteiger partial charge on any atom is -0.491 e. The van der Waals surface area contributed by atoms with Gasteiger partial charge in [-0.25, -0.2) is 24.0 Å². The van der Waals surface area contributed by atoms with E-state index in [0.717, 1.165) is 4.90 Å². The largest absolute Gasteiger partial charge is 0.491 e. The number of likely N-dealkylation sites (N-methyl/N-ethyl adjacent to an activating group) is 1. The van der Waals surface area contributed by atoms with Crippen LogP contribution in [0.1, 0.15) is 124 Å². The van der Waals surface area contributed by atoms with Gasteiger partial charge >= 0.3 is 30.5 Å². The van der Waals surface area contributed by atoms with Crippen molar-refractivity contribution in [2.45, 2.75) is 218 Å². The lowest BCUT2D eigenvalue weighted by atomic mass is 9.72. The van der Waals surface area contributed by atoms with Gasteiger partial charge in [-0.3, -0.25) is 4.79 Å². The number of hydrogen-bond acceptors (Lipinski definition) is 19. The second-order valence-corrected chi connectivity index (χ2v) is 24.2. The predicted octanol–water partition coefficient (Wildman–Crippen LogP) is 2.91. The van der Waals surface area contributed by atoms with Gasteiger partial charge in [0.2, 0.25) is 0 Å². The van der Waals surface area contributed by atoms with Crippen molar-refractivity contribution in [3.63, 3.8) is 0 Å². The summed E-state index contributed by atoms with van der Waals surface area (Å²) in [5.41, 5.74) is -6.59. The highest BCUT2D eigenvalue weighted by molar-refractivity contribution is 5.82. The summed E-state index contributed by atoms with van der Waals surface area (Å²) in [4.78, 5) is 80.6. The smallest absolute Gasteiger partial charge is 0.412 e. The average Bonchev–Trinajstić information content (AvgIpc) is 3.19. The van der Waals surface area contributed by atoms with Crippen LogP contribution in [-0.4, -0.2) is 190 Å². The first-order valence-electron chi connectivity index (χ1n) is 25.0. The monoisotopic (exact) mass is 1070 g/mol. The Morgan fingerprint density at radius 1 is 0.787 bits per heavy atom. The quantitative estimate of drug-likeness (QED) is 0.0785. The van der Waals surface area contributed by atoms with Gasteiger partial charge in [-0.15, -0.1) is 0 Å². The van der Waals surface area contributed by atoms with Gasteiger partial charge in [0, 0.05) is 25.6 Å². The van der Waals surface area contributed by atoms with Crippen LogP contribution in [0, 0.1) is 5.92 Å². The van der Waals surface area contributed by atoms with Gasteiger partial charge in [-0.2, -0.15) is 0 Å². The second kappa shape index (κ2) is 25.3. The molecule has 1 unspecified atom stereocenters. The topological polar surface area (TPSA) is 333 Å². The van der Waals surface area contributed by atoms with Crippen LogP contribution in [-0.2, 0) is 42.7 Å². The summed E-state index contributed by atoms with van der Waals surface area (Å²) in [6.45, 7) is 28.7. The number of allylic oxidation sites excluding steroid dienone is 1.